The lowest BCUT2D eigenvalue weighted by atomic mass is 9.49. The van der Waals surface area contributed by atoms with Gasteiger partial charge in [-0.05, 0) is 35.6 Å². The average Bonchev–Trinajstić information content (AvgIpc) is 3.49. The molecule has 46 heavy (non-hydrogen) atoms. The van der Waals surface area contributed by atoms with Gasteiger partial charge in [-0.2, -0.15) is 0 Å². The lowest BCUT2D eigenvalue weighted by Gasteiger charge is -2.51. The molecule has 3 aromatic carbocycles. The number of non-ortho nitro benzene ring substituents is 2. The van der Waals surface area contributed by atoms with E-state index in [1.54, 1.807) is 0 Å². The predicted molar refractivity (Wildman–Crippen MR) is 163 cm³/mol. The van der Waals surface area contributed by atoms with Crippen molar-refractivity contribution in [1.29, 1.82) is 0 Å². The highest BCUT2D eigenvalue weighted by molar-refractivity contribution is 6.25. The maximum absolute atomic E-state index is 14.3. The molecule has 0 spiro atoms. The van der Waals surface area contributed by atoms with Crippen molar-refractivity contribution in [3.63, 3.8) is 0 Å². The van der Waals surface area contributed by atoms with E-state index in [2.05, 4.69) is 0 Å². The molecule has 9 rings (SSSR count). The molecule has 12 nitrogen and oxygen atoms in total. The zero-order valence-corrected chi connectivity index (χ0v) is 24.0. The van der Waals surface area contributed by atoms with Crippen LogP contribution in [0.2, 0.25) is 0 Å². The van der Waals surface area contributed by atoms with Crippen LogP contribution in [0, 0.1) is 61.7 Å². The summed E-state index contributed by atoms with van der Waals surface area (Å²) in [6.45, 7) is 0. The highest BCUT2D eigenvalue weighted by atomic mass is 16.6. The molecule has 1 saturated carbocycles. The Hall–Kier alpha value is -5.78. The molecule has 7 atom stereocenters. The molecule has 2 heterocycles. The Morgan fingerprint density at radius 1 is 0.609 bits per heavy atom. The second-order valence-corrected chi connectivity index (χ2v) is 12.3. The normalized spacial score (nSPS) is 29.3. The number of fused-ring (bicyclic) bond motifs is 1. The summed E-state index contributed by atoms with van der Waals surface area (Å²) >= 11 is 0. The Kier molecular flexibility index (Phi) is 5.95. The summed E-state index contributed by atoms with van der Waals surface area (Å²) in [4.78, 5) is 80.5. The second-order valence-electron chi connectivity index (χ2n) is 12.3. The van der Waals surface area contributed by atoms with Gasteiger partial charge in [0.2, 0.25) is 23.6 Å². The van der Waals surface area contributed by atoms with Crippen molar-refractivity contribution in [3.8, 4) is 0 Å². The van der Waals surface area contributed by atoms with Gasteiger partial charge in [0.1, 0.15) is 0 Å². The number of rotatable bonds is 5. The van der Waals surface area contributed by atoms with Crippen LogP contribution in [-0.2, 0) is 19.2 Å². The zero-order valence-electron chi connectivity index (χ0n) is 24.0. The van der Waals surface area contributed by atoms with E-state index in [4.69, 9.17) is 0 Å². The van der Waals surface area contributed by atoms with Crippen LogP contribution in [0.25, 0.3) is 5.57 Å². The lowest BCUT2D eigenvalue weighted by Crippen LogP contribution is -2.51. The number of carbonyl (C=O) groups excluding carboxylic acids is 4. The predicted octanol–water partition coefficient (Wildman–Crippen LogP) is 4.70. The Morgan fingerprint density at radius 2 is 1.17 bits per heavy atom. The number of anilines is 2. The summed E-state index contributed by atoms with van der Waals surface area (Å²) in [5.74, 6) is -6.84. The Morgan fingerprint density at radius 3 is 1.78 bits per heavy atom. The van der Waals surface area contributed by atoms with Gasteiger partial charge in [-0.25, -0.2) is 9.80 Å². The summed E-state index contributed by atoms with van der Waals surface area (Å²) in [6.07, 6.45) is 4.02. The van der Waals surface area contributed by atoms with Crippen molar-refractivity contribution in [2.45, 2.75) is 6.42 Å². The maximum atomic E-state index is 14.3. The molecule has 4 amide bonds. The van der Waals surface area contributed by atoms with E-state index >= 15 is 0 Å². The van der Waals surface area contributed by atoms with E-state index in [1.807, 2.05) is 42.5 Å². The largest absolute Gasteiger partial charge is 0.274 e. The van der Waals surface area contributed by atoms with Crippen molar-refractivity contribution >= 4 is 52.0 Å². The van der Waals surface area contributed by atoms with Crippen molar-refractivity contribution < 1.29 is 29.0 Å². The number of allylic oxidation sites excluding steroid dienone is 4. The molecular formula is C34H24N4O8. The number of carbonyl (C=O) groups is 4. The van der Waals surface area contributed by atoms with Crippen molar-refractivity contribution in [3.05, 3.63) is 122 Å². The Labute approximate surface area is 260 Å². The van der Waals surface area contributed by atoms with Crippen LogP contribution >= 0.6 is 0 Å². The van der Waals surface area contributed by atoms with E-state index in [0.29, 0.717) is 0 Å². The van der Waals surface area contributed by atoms with Crippen molar-refractivity contribution in [1.82, 2.24) is 0 Å². The third-order valence-electron chi connectivity index (χ3n) is 10.2. The summed E-state index contributed by atoms with van der Waals surface area (Å²) in [7, 11) is 0. The number of hydrogen-bond donors (Lipinski definition) is 0. The van der Waals surface area contributed by atoms with Crippen molar-refractivity contribution in [2.75, 3.05) is 9.80 Å². The molecule has 2 saturated heterocycles. The number of hydrogen-bond acceptors (Lipinski definition) is 8. The van der Waals surface area contributed by atoms with Crippen LogP contribution in [-0.4, -0.2) is 33.5 Å². The van der Waals surface area contributed by atoms with Gasteiger partial charge < -0.3 is 0 Å². The van der Waals surface area contributed by atoms with Crippen LogP contribution in [0.15, 0.2) is 96.6 Å². The third-order valence-corrected chi connectivity index (χ3v) is 10.2. The fourth-order valence-corrected chi connectivity index (χ4v) is 8.52. The lowest BCUT2D eigenvalue weighted by molar-refractivity contribution is -0.385. The quantitative estimate of drug-likeness (QED) is 0.172. The molecule has 4 aliphatic carbocycles. The minimum Gasteiger partial charge on any atom is -0.274 e. The molecule has 3 fully saturated rings. The first-order valence-corrected chi connectivity index (χ1v) is 14.9. The van der Waals surface area contributed by atoms with Gasteiger partial charge in [-0.15, -0.1) is 0 Å². The zero-order chi connectivity index (χ0) is 32.0. The highest BCUT2D eigenvalue weighted by Crippen LogP contribution is 2.63. The van der Waals surface area contributed by atoms with Crippen LogP contribution in [0.5, 0.6) is 0 Å². The van der Waals surface area contributed by atoms with Crippen molar-refractivity contribution in [2.24, 2.45) is 41.4 Å². The Bertz CT molecular complexity index is 1990. The van der Waals surface area contributed by atoms with Gasteiger partial charge in [0.25, 0.3) is 11.4 Å². The van der Waals surface area contributed by atoms with Crippen LogP contribution < -0.4 is 9.80 Å². The first-order chi connectivity index (χ1) is 22.2. The fraction of sp³-hybridized carbons (Fsp3) is 0.235. The van der Waals surface area contributed by atoms with Crippen LogP contribution in [0.1, 0.15) is 12.0 Å². The van der Waals surface area contributed by atoms with E-state index < -0.39 is 74.9 Å². The molecule has 0 radical (unpaired) electrons. The third kappa shape index (κ3) is 3.73. The molecule has 0 aromatic heterocycles. The van der Waals surface area contributed by atoms with E-state index in [-0.39, 0.29) is 29.2 Å². The highest BCUT2D eigenvalue weighted by Gasteiger charge is 2.67. The smallest absolute Gasteiger partial charge is 0.271 e. The van der Waals surface area contributed by atoms with Gasteiger partial charge in [0, 0.05) is 36.1 Å². The first kappa shape index (κ1) is 27.7. The average molecular weight is 617 g/mol. The molecule has 2 aliphatic heterocycles. The molecule has 3 aromatic rings. The van der Waals surface area contributed by atoms with Crippen LogP contribution in [0.3, 0.4) is 0 Å². The molecule has 6 aliphatic rings. The molecule has 12 heteroatoms. The molecule has 228 valence electrons. The van der Waals surface area contributed by atoms with Gasteiger partial charge >= 0.3 is 0 Å². The maximum Gasteiger partial charge on any atom is 0.271 e. The summed E-state index contributed by atoms with van der Waals surface area (Å²) in [5.41, 5.74) is 2.26. The van der Waals surface area contributed by atoms with Crippen LogP contribution in [0.4, 0.5) is 22.7 Å². The number of nitrogens with zero attached hydrogens (tertiary/aromatic N) is 4. The molecule has 2 bridgehead atoms. The number of amides is 4. The van der Waals surface area contributed by atoms with E-state index in [0.717, 1.165) is 26.5 Å². The van der Waals surface area contributed by atoms with Gasteiger partial charge in [-0.3, -0.25) is 39.4 Å². The number of nitro benzene ring substituents is 2. The fourth-order valence-electron chi connectivity index (χ4n) is 8.52. The number of nitro groups is 2. The molecular weight excluding hydrogens is 592 g/mol. The number of imide groups is 2. The minimum absolute atomic E-state index is 0.111. The van der Waals surface area contributed by atoms with Gasteiger partial charge in [-0.1, -0.05) is 60.2 Å². The standard InChI is InChI=1S/C34H24N4O8/c39-31-25-16-24(17-6-2-1-3-7-17)26-22-12-13-23(27(26)30(25)34(42)35(31)18-8-4-10-20(14-18)37(43)44)29-28(22)32(40)36(33(29)41)19-9-5-11-21(15-19)38(45)46/h1-15,22-23,25,27-30H,16H2/t22-,23+,25-,27-,28+,29-,30+/m0/s1. The number of benzene rings is 3. The van der Waals surface area contributed by atoms with Gasteiger partial charge in [0.15, 0.2) is 0 Å². The SMILES string of the molecule is O=C1[C@H]2[C@@H]3C=C[C@@H](C4=C(c5ccccc5)C[C@@H]5C(=O)N(c6cccc([N+](=O)[O-])c6)C(=O)[C@H]5[C@H]43)[C@H]2C(=O)N1c1cccc([N+](=O)[O-])c1. The van der Waals surface area contributed by atoms with Gasteiger partial charge in [0.05, 0.1) is 44.9 Å². The molecule has 0 unspecified atom stereocenters. The second kappa shape index (κ2) is 9.86. The molecule has 0 N–H and O–H groups in total. The first-order valence-electron chi connectivity index (χ1n) is 14.9. The summed E-state index contributed by atoms with van der Waals surface area (Å²) < 4.78 is 0. The van der Waals surface area contributed by atoms with E-state index in [9.17, 15) is 39.4 Å². The summed E-state index contributed by atoms with van der Waals surface area (Å²) in [6, 6.07) is 20.3. The Balaban J connectivity index is 1.26. The summed E-state index contributed by atoms with van der Waals surface area (Å²) in [5, 5.41) is 23.0. The van der Waals surface area contributed by atoms with E-state index in [1.165, 1.54) is 48.5 Å². The topological polar surface area (TPSA) is 161 Å². The minimum atomic E-state index is -0.845. The monoisotopic (exact) mass is 616 g/mol.